The molecule has 0 fully saturated rings. The minimum Gasteiger partial charge on any atom is -0.263 e. The van der Waals surface area contributed by atoms with Gasteiger partial charge in [-0.2, -0.15) is 10.2 Å². The molecule has 6 heteroatoms. The molecule has 2 rings (SSSR count). The van der Waals surface area contributed by atoms with E-state index in [1.807, 2.05) is 6.92 Å². The van der Waals surface area contributed by atoms with E-state index in [1.54, 1.807) is 0 Å². The van der Waals surface area contributed by atoms with Gasteiger partial charge in [-0.3, -0.25) is 10.2 Å². The van der Waals surface area contributed by atoms with E-state index in [0.29, 0.717) is 11.6 Å². The van der Waals surface area contributed by atoms with Crippen molar-refractivity contribution in [1.82, 2.24) is 30.4 Å². The van der Waals surface area contributed by atoms with Crippen LogP contribution < -0.4 is 0 Å². The van der Waals surface area contributed by atoms with Gasteiger partial charge in [0.2, 0.25) is 5.82 Å². The number of hydrogen-bond donors (Lipinski definition) is 2. The van der Waals surface area contributed by atoms with E-state index in [9.17, 15) is 0 Å². The van der Waals surface area contributed by atoms with Gasteiger partial charge in [0.15, 0.2) is 5.82 Å². The third-order valence-corrected chi connectivity index (χ3v) is 1.22. The summed E-state index contributed by atoms with van der Waals surface area (Å²) in [4.78, 5) is 7.94. The Morgan fingerprint density at radius 2 is 2.27 bits per heavy atom. The lowest BCUT2D eigenvalue weighted by molar-refractivity contribution is 1.03. The average Bonchev–Trinajstić information content (AvgIpc) is 2.55. The molecule has 2 heterocycles. The summed E-state index contributed by atoms with van der Waals surface area (Å²) in [5.41, 5.74) is 0. The summed E-state index contributed by atoms with van der Waals surface area (Å²) < 4.78 is 0. The highest BCUT2D eigenvalue weighted by molar-refractivity contribution is 5.39. The highest BCUT2D eigenvalue weighted by Gasteiger charge is 2.04. The first-order chi connectivity index (χ1) is 5.36. The highest BCUT2D eigenvalue weighted by atomic mass is 15.3. The summed E-state index contributed by atoms with van der Waals surface area (Å²) in [6.07, 6.45) is 1.42. The van der Waals surface area contributed by atoms with Crippen molar-refractivity contribution in [3.8, 4) is 11.6 Å². The monoisotopic (exact) mass is 150 g/mol. The highest BCUT2D eigenvalue weighted by Crippen LogP contribution is 2.04. The van der Waals surface area contributed by atoms with Gasteiger partial charge in [0, 0.05) is 0 Å². The number of hydrogen-bond acceptors (Lipinski definition) is 4. The first-order valence-electron chi connectivity index (χ1n) is 3.11. The number of nitrogens with one attached hydrogen (secondary N) is 2. The smallest absolute Gasteiger partial charge is 0.218 e. The second-order valence-corrected chi connectivity index (χ2v) is 2.08. The number of aryl methyl sites for hydroxylation is 1. The van der Waals surface area contributed by atoms with Gasteiger partial charge in [-0.05, 0) is 6.92 Å². The lowest BCUT2D eigenvalue weighted by Gasteiger charge is -1.81. The Bertz CT molecular complexity index is 333. The van der Waals surface area contributed by atoms with Crippen LogP contribution in [0.15, 0.2) is 6.33 Å². The Labute approximate surface area is 62.1 Å². The third kappa shape index (κ3) is 0.977. The summed E-state index contributed by atoms with van der Waals surface area (Å²) in [6, 6.07) is 0. The van der Waals surface area contributed by atoms with E-state index < -0.39 is 0 Å². The molecule has 0 radical (unpaired) electrons. The van der Waals surface area contributed by atoms with Gasteiger partial charge in [-0.1, -0.05) is 0 Å². The fourth-order valence-electron chi connectivity index (χ4n) is 0.762. The first-order valence-corrected chi connectivity index (χ1v) is 3.11. The van der Waals surface area contributed by atoms with Crippen molar-refractivity contribution >= 4 is 0 Å². The van der Waals surface area contributed by atoms with Crippen LogP contribution in [0.25, 0.3) is 11.6 Å². The van der Waals surface area contributed by atoms with Crippen LogP contribution in [0.4, 0.5) is 0 Å². The molecular weight excluding hydrogens is 144 g/mol. The maximum absolute atomic E-state index is 4.05. The molecule has 0 saturated carbocycles. The quantitative estimate of drug-likeness (QED) is 0.594. The van der Waals surface area contributed by atoms with E-state index >= 15 is 0 Å². The van der Waals surface area contributed by atoms with Crippen molar-refractivity contribution in [3.63, 3.8) is 0 Å². The molecule has 0 saturated heterocycles. The topological polar surface area (TPSA) is 83.1 Å². The maximum atomic E-state index is 4.05. The Hall–Kier alpha value is -1.72. The van der Waals surface area contributed by atoms with Crippen LogP contribution in [0.3, 0.4) is 0 Å². The van der Waals surface area contributed by atoms with Crippen LogP contribution in [0.2, 0.25) is 0 Å². The maximum Gasteiger partial charge on any atom is 0.218 e. The Balaban J connectivity index is 2.45. The fourth-order valence-corrected chi connectivity index (χ4v) is 0.762. The van der Waals surface area contributed by atoms with Gasteiger partial charge in [0.05, 0.1) is 0 Å². The number of nitrogens with zero attached hydrogens (tertiary/aromatic N) is 4. The molecule has 11 heavy (non-hydrogen) atoms. The molecule has 0 unspecified atom stereocenters. The molecule has 2 N–H and O–H groups in total. The zero-order valence-corrected chi connectivity index (χ0v) is 5.87. The van der Waals surface area contributed by atoms with E-state index in [-0.39, 0.29) is 0 Å². The van der Waals surface area contributed by atoms with Crippen molar-refractivity contribution in [2.24, 2.45) is 0 Å². The van der Waals surface area contributed by atoms with Gasteiger partial charge in [-0.25, -0.2) is 9.97 Å². The van der Waals surface area contributed by atoms with Gasteiger partial charge < -0.3 is 0 Å². The second-order valence-electron chi connectivity index (χ2n) is 2.08. The Kier molecular flexibility index (Phi) is 1.18. The summed E-state index contributed by atoms with van der Waals surface area (Å²) in [6.45, 7) is 1.83. The van der Waals surface area contributed by atoms with Crippen molar-refractivity contribution in [1.29, 1.82) is 0 Å². The Morgan fingerprint density at radius 3 is 2.82 bits per heavy atom. The van der Waals surface area contributed by atoms with Crippen molar-refractivity contribution < 1.29 is 0 Å². The van der Waals surface area contributed by atoms with Crippen molar-refractivity contribution in [3.05, 3.63) is 12.2 Å². The minimum atomic E-state index is 0.542. The molecule has 56 valence electrons. The molecule has 0 bridgehead atoms. The largest absolute Gasteiger partial charge is 0.263 e. The van der Waals surface area contributed by atoms with E-state index in [4.69, 9.17) is 0 Å². The predicted octanol–water partition coefficient (Wildman–Crippen LogP) is -0.102. The number of H-pyrrole nitrogens is 2. The summed E-state index contributed by atoms with van der Waals surface area (Å²) >= 11 is 0. The van der Waals surface area contributed by atoms with E-state index in [2.05, 4.69) is 30.4 Å². The minimum absolute atomic E-state index is 0.542. The predicted molar refractivity (Wildman–Crippen MR) is 36.5 cm³/mol. The number of aromatic nitrogens is 6. The van der Waals surface area contributed by atoms with Crippen LogP contribution >= 0.6 is 0 Å². The molecule has 0 spiro atoms. The number of aromatic amines is 2. The average molecular weight is 150 g/mol. The van der Waals surface area contributed by atoms with E-state index in [0.717, 1.165) is 5.82 Å². The van der Waals surface area contributed by atoms with Gasteiger partial charge in [-0.15, -0.1) is 0 Å². The Morgan fingerprint density at radius 1 is 1.36 bits per heavy atom. The molecule has 0 atom stereocenters. The third-order valence-electron chi connectivity index (χ3n) is 1.22. The van der Waals surface area contributed by atoms with Gasteiger partial charge in [0.1, 0.15) is 12.2 Å². The summed E-state index contributed by atoms with van der Waals surface area (Å²) in [5, 5.41) is 12.9. The summed E-state index contributed by atoms with van der Waals surface area (Å²) in [5.74, 6) is 1.88. The summed E-state index contributed by atoms with van der Waals surface area (Å²) in [7, 11) is 0. The van der Waals surface area contributed by atoms with Gasteiger partial charge in [0.25, 0.3) is 0 Å². The van der Waals surface area contributed by atoms with Crippen LogP contribution in [0.1, 0.15) is 5.82 Å². The lowest BCUT2D eigenvalue weighted by atomic mass is 10.6. The molecule has 2 aromatic heterocycles. The standard InChI is InChI=1S/C5H6N6/c1-3-8-5(11-9-3)4-6-2-7-10-4/h2H,1H3,(H,6,7,10)(H,8,9,11). The van der Waals surface area contributed by atoms with Crippen LogP contribution in [0, 0.1) is 6.92 Å². The van der Waals surface area contributed by atoms with Gasteiger partial charge >= 0.3 is 0 Å². The SMILES string of the molecule is Cc1nc(-c2ncn[nH]2)n[nH]1. The molecule has 0 aliphatic carbocycles. The van der Waals surface area contributed by atoms with E-state index in [1.165, 1.54) is 6.33 Å². The molecule has 2 aromatic rings. The zero-order valence-electron chi connectivity index (χ0n) is 5.87. The lowest BCUT2D eigenvalue weighted by Crippen LogP contribution is -1.82. The molecule has 6 nitrogen and oxygen atoms in total. The molecular formula is C5H6N6. The molecule has 0 aliphatic rings. The fraction of sp³-hybridized carbons (Fsp3) is 0.200. The number of rotatable bonds is 1. The van der Waals surface area contributed by atoms with Crippen LogP contribution in [-0.4, -0.2) is 30.4 Å². The van der Waals surface area contributed by atoms with Crippen LogP contribution in [-0.2, 0) is 0 Å². The first kappa shape index (κ1) is 6.02. The second kappa shape index (κ2) is 2.15. The normalized spacial score (nSPS) is 10.3. The van der Waals surface area contributed by atoms with Crippen LogP contribution in [0.5, 0.6) is 0 Å². The molecule has 0 amide bonds. The van der Waals surface area contributed by atoms with Crippen molar-refractivity contribution in [2.75, 3.05) is 0 Å². The molecule has 0 aliphatic heterocycles. The molecule has 0 aromatic carbocycles. The van der Waals surface area contributed by atoms with Crippen molar-refractivity contribution in [2.45, 2.75) is 6.92 Å². The zero-order chi connectivity index (χ0) is 7.68.